The van der Waals surface area contributed by atoms with Crippen LogP contribution in [-0.4, -0.2) is 45.1 Å². The van der Waals surface area contributed by atoms with Crippen LogP contribution in [0.5, 0.6) is 11.5 Å². The molecule has 5 nitrogen and oxygen atoms in total. The summed E-state index contributed by atoms with van der Waals surface area (Å²) in [6.45, 7) is 7.41. The number of benzene rings is 1. The highest BCUT2D eigenvalue weighted by atomic mass is 16.5. The molecule has 5 heteroatoms. The quantitative estimate of drug-likeness (QED) is 0.764. The number of nitrogens with one attached hydrogen (secondary N) is 2. The van der Waals surface area contributed by atoms with E-state index in [0.717, 1.165) is 38.4 Å². The Hall–Kier alpha value is -1.30. The normalized spacial score (nSPS) is 14.4. The van der Waals surface area contributed by atoms with Crippen LogP contribution in [0.3, 0.4) is 0 Å². The van der Waals surface area contributed by atoms with Crippen molar-refractivity contribution in [2.45, 2.75) is 13.5 Å². The minimum absolute atomic E-state index is 0.228. The third kappa shape index (κ3) is 5.92. The van der Waals surface area contributed by atoms with E-state index in [1.807, 2.05) is 19.1 Å². The fraction of sp³-hybridized carbons (Fsp3) is 0.571. The zero-order valence-electron chi connectivity index (χ0n) is 11.7. The van der Waals surface area contributed by atoms with Crippen molar-refractivity contribution in [3.05, 3.63) is 23.8 Å². The number of methoxy groups -OCH3 is 1. The summed E-state index contributed by atoms with van der Waals surface area (Å²) < 4.78 is 9.99. The monoisotopic (exact) mass is 268 g/mol. The maximum Gasteiger partial charge on any atom is 0.162 e. The Morgan fingerprint density at radius 1 is 1.37 bits per heavy atom. The lowest BCUT2D eigenvalue weighted by Crippen LogP contribution is -2.30. The molecule has 1 aliphatic heterocycles. The van der Waals surface area contributed by atoms with Gasteiger partial charge in [-0.2, -0.15) is 0 Å². The summed E-state index contributed by atoms with van der Waals surface area (Å²) in [5.74, 6) is 0.751. The molecule has 0 aliphatic carbocycles. The van der Waals surface area contributed by atoms with Crippen molar-refractivity contribution in [1.82, 2.24) is 10.6 Å². The molecule has 0 atom stereocenters. The van der Waals surface area contributed by atoms with E-state index in [1.54, 1.807) is 13.2 Å². The van der Waals surface area contributed by atoms with Gasteiger partial charge in [-0.05, 0) is 12.6 Å². The van der Waals surface area contributed by atoms with Gasteiger partial charge in [-0.1, -0.05) is 19.1 Å². The van der Waals surface area contributed by atoms with Crippen molar-refractivity contribution in [1.29, 1.82) is 0 Å². The van der Waals surface area contributed by atoms with Crippen LogP contribution in [-0.2, 0) is 11.3 Å². The van der Waals surface area contributed by atoms with E-state index >= 15 is 0 Å². The SMILES string of the molecule is C1COCCN1.CCNCc1cccc(OC)c1O. The maximum atomic E-state index is 9.65. The first-order valence-corrected chi connectivity index (χ1v) is 6.63. The standard InChI is InChI=1S/C10H15NO2.C4H9NO/c1-3-11-7-8-5-4-6-9(13-2)10(8)12;1-3-6-4-2-5-1/h4-6,11-12H,3,7H2,1-2H3;5H,1-4H2. The highest BCUT2D eigenvalue weighted by Gasteiger charge is 2.05. The van der Waals surface area contributed by atoms with Crippen LogP contribution in [0.25, 0.3) is 0 Å². The Morgan fingerprint density at radius 3 is 2.58 bits per heavy atom. The Balaban J connectivity index is 0.000000250. The number of morpholine rings is 1. The molecule has 1 aromatic rings. The lowest BCUT2D eigenvalue weighted by Gasteiger charge is -2.10. The molecule has 0 bridgehead atoms. The molecule has 0 saturated carbocycles. The second-order valence-electron chi connectivity index (χ2n) is 4.11. The maximum absolute atomic E-state index is 9.65. The minimum Gasteiger partial charge on any atom is -0.504 e. The summed E-state index contributed by atoms with van der Waals surface area (Å²) in [5, 5.41) is 16.0. The number of ether oxygens (including phenoxy) is 2. The molecule has 0 unspecified atom stereocenters. The number of para-hydroxylation sites is 1. The van der Waals surface area contributed by atoms with Crippen LogP contribution in [0, 0.1) is 0 Å². The van der Waals surface area contributed by atoms with Crippen LogP contribution < -0.4 is 15.4 Å². The molecule has 2 rings (SSSR count). The summed E-state index contributed by atoms with van der Waals surface area (Å²) in [5.41, 5.74) is 0.862. The summed E-state index contributed by atoms with van der Waals surface area (Å²) in [4.78, 5) is 0. The molecular formula is C14H24N2O3. The van der Waals surface area contributed by atoms with Crippen molar-refractivity contribution >= 4 is 0 Å². The average molecular weight is 268 g/mol. The molecular weight excluding hydrogens is 244 g/mol. The number of hydrogen-bond acceptors (Lipinski definition) is 5. The number of aromatic hydroxyl groups is 1. The van der Waals surface area contributed by atoms with E-state index in [-0.39, 0.29) is 5.75 Å². The van der Waals surface area contributed by atoms with Crippen LogP contribution in [0.15, 0.2) is 18.2 Å². The lowest BCUT2D eigenvalue weighted by atomic mass is 10.2. The van der Waals surface area contributed by atoms with Gasteiger partial charge >= 0.3 is 0 Å². The van der Waals surface area contributed by atoms with Gasteiger partial charge in [0.25, 0.3) is 0 Å². The fourth-order valence-corrected chi connectivity index (χ4v) is 1.65. The van der Waals surface area contributed by atoms with Crippen molar-refractivity contribution in [2.75, 3.05) is 40.0 Å². The zero-order valence-corrected chi connectivity index (χ0v) is 11.7. The molecule has 19 heavy (non-hydrogen) atoms. The predicted molar refractivity (Wildman–Crippen MR) is 75.7 cm³/mol. The predicted octanol–water partition coefficient (Wildman–Crippen LogP) is 1.12. The van der Waals surface area contributed by atoms with E-state index in [9.17, 15) is 5.11 Å². The van der Waals surface area contributed by atoms with Crippen LogP contribution >= 0.6 is 0 Å². The summed E-state index contributed by atoms with van der Waals surface area (Å²) >= 11 is 0. The summed E-state index contributed by atoms with van der Waals surface area (Å²) in [6, 6.07) is 5.48. The largest absolute Gasteiger partial charge is 0.504 e. The van der Waals surface area contributed by atoms with Crippen molar-refractivity contribution in [3.8, 4) is 11.5 Å². The second-order valence-corrected chi connectivity index (χ2v) is 4.11. The fourth-order valence-electron chi connectivity index (χ4n) is 1.65. The highest BCUT2D eigenvalue weighted by molar-refractivity contribution is 5.45. The van der Waals surface area contributed by atoms with E-state index in [2.05, 4.69) is 10.6 Å². The molecule has 0 spiro atoms. The molecule has 1 heterocycles. The van der Waals surface area contributed by atoms with Gasteiger partial charge in [-0.25, -0.2) is 0 Å². The van der Waals surface area contributed by atoms with Gasteiger partial charge in [0, 0.05) is 25.2 Å². The Morgan fingerprint density at radius 2 is 2.11 bits per heavy atom. The highest BCUT2D eigenvalue weighted by Crippen LogP contribution is 2.28. The van der Waals surface area contributed by atoms with Gasteiger partial charge in [0.2, 0.25) is 0 Å². The van der Waals surface area contributed by atoms with Crippen LogP contribution in [0.1, 0.15) is 12.5 Å². The topological polar surface area (TPSA) is 62.8 Å². The average Bonchev–Trinajstić information content (AvgIpc) is 2.49. The van der Waals surface area contributed by atoms with Crippen molar-refractivity contribution in [2.24, 2.45) is 0 Å². The first kappa shape index (κ1) is 15.8. The number of phenolic OH excluding ortho intramolecular Hbond substituents is 1. The summed E-state index contributed by atoms with van der Waals surface area (Å²) in [6.07, 6.45) is 0. The van der Waals surface area contributed by atoms with E-state index in [1.165, 1.54) is 0 Å². The van der Waals surface area contributed by atoms with E-state index in [0.29, 0.717) is 12.3 Å². The smallest absolute Gasteiger partial charge is 0.162 e. The number of rotatable bonds is 4. The molecule has 1 aromatic carbocycles. The summed E-state index contributed by atoms with van der Waals surface area (Å²) in [7, 11) is 1.55. The van der Waals surface area contributed by atoms with Crippen LogP contribution in [0.4, 0.5) is 0 Å². The molecule has 0 radical (unpaired) electrons. The van der Waals surface area contributed by atoms with E-state index in [4.69, 9.17) is 9.47 Å². The molecule has 1 fully saturated rings. The molecule has 1 aliphatic rings. The molecule has 1 saturated heterocycles. The van der Waals surface area contributed by atoms with Gasteiger partial charge in [0.15, 0.2) is 11.5 Å². The van der Waals surface area contributed by atoms with Gasteiger partial charge in [-0.3, -0.25) is 0 Å². The zero-order chi connectivity index (χ0) is 13.9. The Kier molecular flexibility index (Phi) is 7.97. The first-order chi connectivity index (χ1) is 9.29. The van der Waals surface area contributed by atoms with E-state index < -0.39 is 0 Å². The molecule has 108 valence electrons. The second kappa shape index (κ2) is 9.61. The third-order valence-corrected chi connectivity index (χ3v) is 2.71. The van der Waals surface area contributed by atoms with Gasteiger partial charge in [0.05, 0.1) is 20.3 Å². The minimum atomic E-state index is 0.228. The lowest BCUT2D eigenvalue weighted by molar-refractivity contribution is 0.109. The Bertz CT molecular complexity index is 343. The molecule has 0 aromatic heterocycles. The first-order valence-electron chi connectivity index (χ1n) is 6.63. The van der Waals surface area contributed by atoms with Crippen molar-refractivity contribution < 1.29 is 14.6 Å². The van der Waals surface area contributed by atoms with Crippen LogP contribution in [0.2, 0.25) is 0 Å². The molecule has 0 amide bonds. The van der Waals surface area contributed by atoms with Gasteiger partial charge < -0.3 is 25.2 Å². The Labute approximate surface area is 114 Å². The van der Waals surface area contributed by atoms with Crippen molar-refractivity contribution in [3.63, 3.8) is 0 Å². The van der Waals surface area contributed by atoms with Gasteiger partial charge in [-0.15, -0.1) is 0 Å². The third-order valence-electron chi connectivity index (χ3n) is 2.71. The van der Waals surface area contributed by atoms with Gasteiger partial charge in [0.1, 0.15) is 0 Å². The number of hydrogen-bond donors (Lipinski definition) is 3. The molecule has 3 N–H and O–H groups in total. The number of phenols is 1.